The van der Waals surface area contributed by atoms with Crippen LogP contribution >= 0.6 is 11.6 Å². The van der Waals surface area contributed by atoms with E-state index in [9.17, 15) is 19.7 Å². The summed E-state index contributed by atoms with van der Waals surface area (Å²) in [5, 5.41) is 10.2. The zero-order valence-corrected chi connectivity index (χ0v) is 12.3. The van der Waals surface area contributed by atoms with Crippen LogP contribution in [0.15, 0.2) is 6.07 Å². The molecule has 0 unspecified atom stereocenters. The molecule has 0 aliphatic rings. The molecule has 0 saturated heterocycles. The lowest BCUT2D eigenvalue weighted by Gasteiger charge is -2.09. The first-order chi connectivity index (χ1) is 10.4. The Kier molecular flexibility index (Phi) is 6.32. The molecule has 1 rings (SSSR count). The largest absolute Gasteiger partial charge is 0.515 e. The van der Waals surface area contributed by atoms with Gasteiger partial charge in [0.2, 0.25) is 10.9 Å². The number of halogens is 1. The van der Waals surface area contributed by atoms with E-state index in [4.69, 9.17) is 16.3 Å². The van der Waals surface area contributed by atoms with Crippen LogP contribution in [0.2, 0.25) is 5.15 Å². The second kappa shape index (κ2) is 7.98. The summed E-state index contributed by atoms with van der Waals surface area (Å²) >= 11 is 5.60. The molecule has 0 spiro atoms. The minimum Gasteiger partial charge on any atom is -0.434 e. The molecule has 0 atom stereocenters. The second-order valence-corrected chi connectivity index (χ2v) is 3.79. The van der Waals surface area contributed by atoms with Gasteiger partial charge in [0.1, 0.15) is 0 Å². The normalized spacial score (nSPS) is 9.77. The third-order valence-electron chi connectivity index (χ3n) is 1.98. The van der Waals surface area contributed by atoms with E-state index in [1.807, 2.05) is 0 Å². The summed E-state index contributed by atoms with van der Waals surface area (Å²) in [6.07, 6.45) is -2.30. The number of nitro groups is 1. The maximum atomic E-state index is 11.3. The molecular weight excluding hydrogens is 324 g/mol. The zero-order valence-electron chi connectivity index (χ0n) is 11.5. The third kappa shape index (κ3) is 4.74. The fourth-order valence-corrected chi connectivity index (χ4v) is 1.38. The number of nitrogens with zero attached hydrogens (tertiary/aromatic N) is 2. The maximum absolute atomic E-state index is 11.3. The number of aromatic nitrogens is 1. The van der Waals surface area contributed by atoms with Gasteiger partial charge >= 0.3 is 18.0 Å². The van der Waals surface area contributed by atoms with Crippen molar-refractivity contribution in [2.45, 2.75) is 13.8 Å². The molecule has 0 aliphatic carbocycles. The van der Waals surface area contributed by atoms with E-state index in [-0.39, 0.29) is 13.2 Å². The molecule has 11 heteroatoms. The number of hydrogen-bond donors (Lipinski definition) is 0. The maximum Gasteiger partial charge on any atom is 0.515 e. The van der Waals surface area contributed by atoms with Crippen molar-refractivity contribution >= 4 is 29.6 Å². The molecule has 0 saturated carbocycles. The summed E-state index contributed by atoms with van der Waals surface area (Å²) in [5.74, 6) is -1.08. The first-order valence-electron chi connectivity index (χ1n) is 5.93. The standard InChI is InChI=1S/C11H11ClN2O8/c1-3-19-10(15)21-7-5-6(14(17)18)8(12)13-9(7)22-11(16)20-4-2/h5H,3-4H2,1-2H3. The average Bonchev–Trinajstić information content (AvgIpc) is 2.41. The molecule has 0 N–H and O–H groups in total. The van der Waals surface area contributed by atoms with Gasteiger partial charge in [0.05, 0.1) is 24.2 Å². The Bertz CT molecular complexity index is 592. The topological polar surface area (TPSA) is 127 Å². The quantitative estimate of drug-likeness (QED) is 0.345. The predicted octanol–water partition coefficient (Wildman–Crippen LogP) is 2.71. The minimum atomic E-state index is -1.16. The SMILES string of the molecule is CCOC(=O)Oc1cc([N+](=O)[O-])c(Cl)nc1OC(=O)OCC. The van der Waals surface area contributed by atoms with E-state index < -0.39 is 39.7 Å². The Morgan fingerprint density at radius 2 is 1.77 bits per heavy atom. The summed E-state index contributed by atoms with van der Waals surface area (Å²) in [6, 6.07) is 0.779. The molecule has 1 heterocycles. The highest BCUT2D eigenvalue weighted by molar-refractivity contribution is 6.31. The Labute approximate surface area is 129 Å². The molecule has 1 aromatic rings. The third-order valence-corrected chi connectivity index (χ3v) is 2.26. The summed E-state index contributed by atoms with van der Waals surface area (Å²) in [7, 11) is 0. The van der Waals surface area contributed by atoms with Crippen LogP contribution in [0.4, 0.5) is 15.3 Å². The van der Waals surface area contributed by atoms with Gasteiger partial charge in [0.25, 0.3) is 5.88 Å². The van der Waals surface area contributed by atoms with Crippen LogP contribution in [0.25, 0.3) is 0 Å². The van der Waals surface area contributed by atoms with Gasteiger partial charge in [0, 0.05) is 0 Å². The smallest absolute Gasteiger partial charge is 0.434 e. The molecule has 0 aliphatic heterocycles. The molecule has 10 nitrogen and oxygen atoms in total. The lowest BCUT2D eigenvalue weighted by atomic mass is 10.4. The van der Waals surface area contributed by atoms with E-state index in [0.29, 0.717) is 0 Å². The zero-order chi connectivity index (χ0) is 16.7. The predicted molar refractivity (Wildman–Crippen MR) is 71.2 cm³/mol. The molecule has 0 fully saturated rings. The molecular formula is C11H11ClN2O8. The van der Waals surface area contributed by atoms with E-state index in [0.717, 1.165) is 6.07 Å². The monoisotopic (exact) mass is 334 g/mol. The fraction of sp³-hybridized carbons (Fsp3) is 0.364. The fourth-order valence-electron chi connectivity index (χ4n) is 1.18. The highest BCUT2D eigenvalue weighted by Crippen LogP contribution is 2.34. The number of pyridine rings is 1. The lowest BCUT2D eigenvalue weighted by molar-refractivity contribution is -0.385. The van der Waals surface area contributed by atoms with Crippen LogP contribution in [-0.4, -0.2) is 35.4 Å². The van der Waals surface area contributed by atoms with Crippen molar-refractivity contribution in [3.05, 3.63) is 21.3 Å². The van der Waals surface area contributed by atoms with Gasteiger partial charge in [-0.3, -0.25) is 10.1 Å². The van der Waals surface area contributed by atoms with E-state index in [2.05, 4.69) is 19.2 Å². The van der Waals surface area contributed by atoms with Crippen LogP contribution in [-0.2, 0) is 9.47 Å². The second-order valence-electron chi connectivity index (χ2n) is 3.43. The van der Waals surface area contributed by atoms with Gasteiger partial charge in [-0.2, -0.15) is 4.98 Å². The lowest BCUT2D eigenvalue weighted by Crippen LogP contribution is -2.15. The summed E-state index contributed by atoms with van der Waals surface area (Å²) in [4.78, 5) is 36.0. The molecule has 0 amide bonds. The van der Waals surface area contributed by atoms with Crippen LogP contribution in [0, 0.1) is 10.1 Å². The van der Waals surface area contributed by atoms with Gasteiger partial charge in [-0.05, 0) is 13.8 Å². The first-order valence-corrected chi connectivity index (χ1v) is 6.30. The van der Waals surface area contributed by atoms with Crippen molar-refractivity contribution < 1.29 is 33.5 Å². The van der Waals surface area contributed by atoms with E-state index >= 15 is 0 Å². The van der Waals surface area contributed by atoms with E-state index in [1.54, 1.807) is 0 Å². The Balaban J connectivity index is 3.16. The van der Waals surface area contributed by atoms with Gasteiger partial charge in [-0.15, -0.1) is 0 Å². The van der Waals surface area contributed by atoms with Gasteiger partial charge in [-0.1, -0.05) is 11.6 Å². The molecule has 0 bridgehead atoms. The molecule has 1 aromatic heterocycles. The van der Waals surface area contributed by atoms with Crippen molar-refractivity contribution in [3.63, 3.8) is 0 Å². The van der Waals surface area contributed by atoms with Crippen molar-refractivity contribution in [2.75, 3.05) is 13.2 Å². The van der Waals surface area contributed by atoms with Gasteiger partial charge < -0.3 is 18.9 Å². The van der Waals surface area contributed by atoms with Crippen molar-refractivity contribution in [1.29, 1.82) is 0 Å². The Hall–Kier alpha value is -2.62. The highest BCUT2D eigenvalue weighted by Gasteiger charge is 2.24. The first kappa shape index (κ1) is 17.4. The molecule has 0 radical (unpaired) electrons. The van der Waals surface area contributed by atoms with E-state index in [1.165, 1.54) is 13.8 Å². The number of carbonyl (C=O) groups is 2. The minimum absolute atomic E-state index is 0.00993. The number of rotatable bonds is 5. The van der Waals surface area contributed by atoms with Crippen molar-refractivity contribution in [3.8, 4) is 11.6 Å². The highest BCUT2D eigenvalue weighted by atomic mass is 35.5. The summed E-state index contributed by atoms with van der Waals surface area (Å²) < 4.78 is 18.4. The van der Waals surface area contributed by atoms with Gasteiger partial charge in [-0.25, -0.2) is 9.59 Å². The number of ether oxygens (including phenoxy) is 4. The number of hydrogen-bond acceptors (Lipinski definition) is 9. The summed E-state index contributed by atoms with van der Waals surface area (Å²) in [6.45, 7) is 3.09. The van der Waals surface area contributed by atoms with Crippen molar-refractivity contribution in [1.82, 2.24) is 4.98 Å². The Morgan fingerprint density at radius 1 is 1.23 bits per heavy atom. The van der Waals surface area contributed by atoms with Crippen molar-refractivity contribution in [2.24, 2.45) is 0 Å². The summed E-state index contributed by atoms with van der Waals surface area (Å²) in [5.41, 5.74) is -0.642. The Morgan fingerprint density at radius 3 is 2.27 bits per heavy atom. The van der Waals surface area contributed by atoms with Crippen LogP contribution in [0.5, 0.6) is 11.6 Å². The van der Waals surface area contributed by atoms with Crippen LogP contribution < -0.4 is 9.47 Å². The van der Waals surface area contributed by atoms with Gasteiger partial charge in [0.15, 0.2) is 0 Å². The molecule has 120 valence electrons. The molecule has 0 aromatic carbocycles. The van der Waals surface area contributed by atoms with Crippen LogP contribution in [0.3, 0.4) is 0 Å². The van der Waals surface area contributed by atoms with Crippen LogP contribution in [0.1, 0.15) is 13.8 Å². The number of carbonyl (C=O) groups excluding carboxylic acids is 2. The average molecular weight is 335 g/mol. The molecule has 22 heavy (non-hydrogen) atoms.